The number of amides is 1. The number of aromatic nitrogens is 3. The van der Waals surface area contributed by atoms with Gasteiger partial charge in [-0.1, -0.05) is 0 Å². The van der Waals surface area contributed by atoms with Crippen molar-refractivity contribution in [2.75, 3.05) is 12.4 Å². The third-order valence-electron chi connectivity index (χ3n) is 2.91. The summed E-state index contributed by atoms with van der Waals surface area (Å²) in [6, 6.07) is 7.24. The third kappa shape index (κ3) is 2.18. The quantitative estimate of drug-likeness (QED) is 0.763. The molecule has 0 saturated carbocycles. The van der Waals surface area contributed by atoms with Crippen molar-refractivity contribution in [1.82, 2.24) is 15.0 Å². The maximum atomic E-state index is 12.0. The van der Waals surface area contributed by atoms with Gasteiger partial charge in [-0.05, 0) is 24.3 Å². The lowest BCUT2D eigenvalue weighted by Crippen LogP contribution is -2.13. The number of aromatic amines is 1. The first-order valence-electron chi connectivity index (χ1n) is 6.01. The molecule has 0 saturated heterocycles. The van der Waals surface area contributed by atoms with Gasteiger partial charge in [-0.2, -0.15) is 0 Å². The monoisotopic (exact) mass is 268 g/mol. The summed E-state index contributed by atoms with van der Waals surface area (Å²) in [6.45, 7) is 0. The van der Waals surface area contributed by atoms with Crippen LogP contribution in [0.1, 0.15) is 10.6 Å². The standard InChI is InChI=1S/C14H12N4O2/c1-20-9-2-3-11-10(8-9)12(4-5-15-11)18-14(19)13-16-6-7-17-13/h2-8H,1H3,(H,16,17)(H,15,18,19). The molecular formula is C14H12N4O2. The van der Waals surface area contributed by atoms with Crippen LogP contribution < -0.4 is 10.1 Å². The summed E-state index contributed by atoms with van der Waals surface area (Å²) < 4.78 is 5.20. The molecule has 2 heterocycles. The Bertz CT molecular complexity index is 753. The van der Waals surface area contributed by atoms with Crippen LogP contribution in [0.4, 0.5) is 5.69 Å². The largest absolute Gasteiger partial charge is 0.497 e. The third-order valence-corrected chi connectivity index (χ3v) is 2.91. The Morgan fingerprint density at radius 3 is 2.90 bits per heavy atom. The molecule has 6 nitrogen and oxygen atoms in total. The predicted molar refractivity (Wildman–Crippen MR) is 74.8 cm³/mol. The van der Waals surface area contributed by atoms with Crippen LogP contribution in [0.5, 0.6) is 5.75 Å². The van der Waals surface area contributed by atoms with E-state index in [2.05, 4.69) is 20.3 Å². The number of anilines is 1. The van der Waals surface area contributed by atoms with Crippen molar-refractivity contribution >= 4 is 22.5 Å². The van der Waals surface area contributed by atoms with Crippen LogP contribution in [0, 0.1) is 0 Å². The van der Waals surface area contributed by atoms with Gasteiger partial charge in [0.05, 0.1) is 18.3 Å². The Hall–Kier alpha value is -2.89. The first kappa shape index (κ1) is 12.2. The van der Waals surface area contributed by atoms with Crippen LogP contribution >= 0.6 is 0 Å². The summed E-state index contributed by atoms with van der Waals surface area (Å²) in [7, 11) is 1.60. The van der Waals surface area contributed by atoms with Gasteiger partial charge in [-0.25, -0.2) is 4.98 Å². The van der Waals surface area contributed by atoms with E-state index < -0.39 is 0 Å². The number of pyridine rings is 1. The van der Waals surface area contributed by atoms with E-state index in [-0.39, 0.29) is 11.7 Å². The van der Waals surface area contributed by atoms with Gasteiger partial charge >= 0.3 is 0 Å². The number of fused-ring (bicyclic) bond motifs is 1. The summed E-state index contributed by atoms with van der Waals surface area (Å²) in [4.78, 5) is 23.0. The van der Waals surface area contributed by atoms with Crippen molar-refractivity contribution in [3.8, 4) is 5.75 Å². The molecule has 0 unspecified atom stereocenters. The number of nitrogens with one attached hydrogen (secondary N) is 2. The van der Waals surface area contributed by atoms with Gasteiger partial charge < -0.3 is 15.0 Å². The normalized spacial score (nSPS) is 10.4. The minimum atomic E-state index is -0.301. The molecule has 0 spiro atoms. The number of H-pyrrole nitrogens is 1. The summed E-state index contributed by atoms with van der Waals surface area (Å²) in [5.41, 5.74) is 1.44. The Balaban J connectivity index is 2.00. The van der Waals surface area contributed by atoms with Gasteiger partial charge in [0.15, 0.2) is 5.82 Å². The highest BCUT2D eigenvalue weighted by atomic mass is 16.5. The molecular weight excluding hydrogens is 256 g/mol. The second kappa shape index (κ2) is 5.00. The van der Waals surface area contributed by atoms with E-state index in [1.54, 1.807) is 25.6 Å². The van der Waals surface area contributed by atoms with E-state index in [4.69, 9.17) is 4.74 Å². The molecule has 0 radical (unpaired) electrons. The van der Waals surface area contributed by atoms with E-state index in [0.29, 0.717) is 11.4 Å². The van der Waals surface area contributed by atoms with Gasteiger partial charge in [-0.3, -0.25) is 9.78 Å². The van der Waals surface area contributed by atoms with E-state index in [1.165, 1.54) is 6.20 Å². The van der Waals surface area contributed by atoms with Crippen LogP contribution in [0.2, 0.25) is 0 Å². The van der Waals surface area contributed by atoms with Crippen LogP contribution in [0.25, 0.3) is 10.9 Å². The number of benzene rings is 1. The van der Waals surface area contributed by atoms with E-state index in [9.17, 15) is 4.79 Å². The second-order valence-corrected chi connectivity index (χ2v) is 4.13. The van der Waals surface area contributed by atoms with E-state index >= 15 is 0 Å². The highest BCUT2D eigenvalue weighted by Crippen LogP contribution is 2.26. The Kier molecular flexibility index (Phi) is 3.04. The maximum absolute atomic E-state index is 12.0. The molecule has 0 aliphatic carbocycles. The maximum Gasteiger partial charge on any atom is 0.291 e. The molecule has 3 aromatic rings. The Labute approximate surface area is 114 Å². The van der Waals surface area contributed by atoms with Crippen LogP contribution in [0.3, 0.4) is 0 Å². The fraction of sp³-hybridized carbons (Fsp3) is 0.0714. The SMILES string of the molecule is COc1ccc2nccc(NC(=O)c3ncc[nH]3)c2c1. The van der Waals surface area contributed by atoms with Crippen molar-refractivity contribution < 1.29 is 9.53 Å². The number of imidazole rings is 1. The molecule has 2 aromatic heterocycles. The first-order chi connectivity index (χ1) is 9.78. The molecule has 0 bridgehead atoms. The number of carbonyl (C=O) groups is 1. The lowest BCUT2D eigenvalue weighted by atomic mass is 10.1. The van der Waals surface area contributed by atoms with Crippen LogP contribution in [-0.4, -0.2) is 28.0 Å². The van der Waals surface area contributed by atoms with Gasteiger partial charge in [-0.15, -0.1) is 0 Å². The molecule has 0 aliphatic heterocycles. The zero-order valence-corrected chi connectivity index (χ0v) is 10.8. The molecule has 0 atom stereocenters. The highest BCUT2D eigenvalue weighted by molar-refractivity contribution is 6.06. The molecule has 6 heteroatoms. The molecule has 1 aromatic carbocycles. The van der Waals surface area contributed by atoms with Gasteiger partial charge in [0.1, 0.15) is 5.75 Å². The number of nitrogens with zero attached hydrogens (tertiary/aromatic N) is 2. The topological polar surface area (TPSA) is 79.9 Å². The fourth-order valence-corrected chi connectivity index (χ4v) is 1.93. The van der Waals surface area contributed by atoms with Crippen molar-refractivity contribution in [1.29, 1.82) is 0 Å². The molecule has 0 aliphatic rings. The molecule has 100 valence electrons. The lowest BCUT2D eigenvalue weighted by molar-refractivity contribution is 0.101. The van der Waals surface area contributed by atoms with Gasteiger partial charge in [0, 0.05) is 24.0 Å². The minimum absolute atomic E-state index is 0.262. The smallest absolute Gasteiger partial charge is 0.291 e. The predicted octanol–water partition coefficient (Wildman–Crippen LogP) is 2.22. The number of methoxy groups -OCH3 is 1. The minimum Gasteiger partial charge on any atom is -0.497 e. The van der Waals surface area contributed by atoms with Gasteiger partial charge in [0.2, 0.25) is 0 Å². The molecule has 20 heavy (non-hydrogen) atoms. The van der Waals surface area contributed by atoms with E-state index in [0.717, 1.165) is 10.9 Å². The number of ether oxygens (including phenoxy) is 1. The molecule has 0 fully saturated rings. The second-order valence-electron chi connectivity index (χ2n) is 4.13. The zero-order valence-electron chi connectivity index (χ0n) is 10.8. The van der Waals surface area contributed by atoms with Crippen LogP contribution in [-0.2, 0) is 0 Å². The molecule has 2 N–H and O–H groups in total. The Morgan fingerprint density at radius 2 is 2.15 bits per heavy atom. The summed E-state index contributed by atoms with van der Waals surface area (Å²) in [5, 5.41) is 3.62. The number of carbonyl (C=O) groups excluding carboxylic acids is 1. The van der Waals surface area contributed by atoms with Crippen molar-refractivity contribution in [3.63, 3.8) is 0 Å². The van der Waals surface area contributed by atoms with Crippen molar-refractivity contribution in [2.45, 2.75) is 0 Å². The van der Waals surface area contributed by atoms with E-state index in [1.807, 2.05) is 18.2 Å². The average Bonchev–Trinajstić information content (AvgIpc) is 3.01. The molecule has 3 rings (SSSR count). The van der Waals surface area contributed by atoms with Gasteiger partial charge in [0.25, 0.3) is 5.91 Å². The van der Waals surface area contributed by atoms with Crippen molar-refractivity contribution in [3.05, 3.63) is 48.7 Å². The molecule has 1 amide bonds. The number of rotatable bonds is 3. The lowest BCUT2D eigenvalue weighted by Gasteiger charge is -2.08. The number of hydrogen-bond acceptors (Lipinski definition) is 4. The summed E-state index contributed by atoms with van der Waals surface area (Å²) >= 11 is 0. The zero-order chi connectivity index (χ0) is 13.9. The fourth-order valence-electron chi connectivity index (χ4n) is 1.93. The first-order valence-corrected chi connectivity index (χ1v) is 6.01. The Morgan fingerprint density at radius 1 is 1.25 bits per heavy atom. The summed E-state index contributed by atoms with van der Waals surface area (Å²) in [5.74, 6) is 0.669. The summed E-state index contributed by atoms with van der Waals surface area (Å²) in [6.07, 6.45) is 4.78. The van der Waals surface area contributed by atoms with Crippen molar-refractivity contribution in [2.24, 2.45) is 0 Å². The number of hydrogen-bond donors (Lipinski definition) is 2. The van der Waals surface area contributed by atoms with Crippen LogP contribution in [0.15, 0.2) is 42.9 Å². The average molecular weight is 268 g/mol. The highest BCUT2D eigenvalue weighted by Gasteiger charge is 2.11.